The van der Waals surface area contributed by atoms with Crippen molar-refractivity contribution in [2.75, 3.05) is 6.61 Å². The van der Waals surface area contributed by atoms with Crippen molar-refractivity contribution in [1.29, 1.82) is 0 Å². The van der Waals surface area contributed by atoms with Crippen molar-refractivity contribution < 1.29 is 19.4 Å². The summed E-state index contributed by atoms with van der Waals surface area (Å²) in [7, 11) is 0. The van der Waals surface area contributed by atoms with E-state index in [1.54, 1.807) is 6.92 Å². The van der Waals surface area contributed by atoms with Gasteiger partial charge in [0.1, 0.15) is 6.42 Å². The Labute approximate surface area is 90.7 Å². The van der Waals surface area contributed by atoms with Crippen molar-refractivity contribution in [2.45, 2.75) is 17.6 Å². The second-order valence-electron chi connectivity index (χ2n) is 1.62. The Balaban J connectivity index is 0. The molecular weight excluding hydrogens is 242 g/mol. The minimum Gasteiger partial charge on any atom is -0.481 e. The van der Waals surface area contributed by atoms with Crippen LogP contribution in [0.2, 0.25) is 0 Å². The summed E-state index contributed by atoms with van der Waals surface area (Å²) < 4.78 is 3.58. The topological polar surface area (TPSA) is 63.6 Å². The van der Waals surface area contributed by atoms with E-state index < -0.39 is 22.7 Å². The van der Waals surface area contributed by atoms with Crippen molar-refractivity contribution in [1.82, 2.24) is 0 Å². The lowest BCUT2D eigenvalue weighted by Crippen LogP contribution is -2.09. The molecule has 0 spiro atoms. The first-order valence-electron chi connectivity index (χ1n) is 3.19. The average molecular weight is 251 g/mol. The third kappa shape index (κ3) is 24.5. The first-order chi connectivity index (χ1) is 5.90. The molecule has 0 rings (SSSR count). The number of rotatable bonds is 3. The van der Waals surface area contributed by atoms with Gasteiger partial charge in [0.05, 0.1) is 6.61 Å². The molecule has 7 heteroatoms. The number of hydrogen-bond donors (Lipinski definition) is 1. The standard InChI is InChI=1S/C5H8O4.CHCl3/c1-2-9-5(8)3-4(6)7;2-1(3)4/h2-3H2,1H3,(H,6,7);1H. The summed E-state index contributed by atoms with van der Waals surface area (Å²) >= 11 is 14.4. The molecule has 0 atom stereocenters. The van der Waals surface area contributed by atoms with Crippen LogP contribution in [-0.4, -0.2) is 27.9 Å². The first-order valence-corrected chi connectivity index (χ1v) is 4.50. The molecule has 0 aromatic heterocycles. The summed E-state index contributed by atoms with van der Waals surface area (Å²) in [4.78, 5) is 20.0. The number of esters is 1. The molecule has 78 valence electrons. The molecule has 0 saturated carbocycles. The quantitative estimate of drug-likeness (QED) is 0.473. The Kier molecular flexibility index (Phi) is 11.6. The maximum absolute atomic E-state index is 10.3. The number of carboxylic acids is 1. The van der Waals surface area contributed by atoms with E-state index in [1.807, 2.05) is 0 Å². The Bertz CT molecular complexity index is 157. The van der Waals surface area contributed by atoms with Crippen LogP contribution in [0.1, 0.15) is 13.3 Å². The van der Waals surface area contributed by atoms with Crippen molar-refractivity contribution >= 4 is 46.7 Å². The molecule has 1 N–H and O–H groups in total. The molecule has 0 amide bonds. The van der Waals surface area contributed by atoms with Gasteiger partial charge in [-0.05, 0) is 6.92 Å². The molecule has 0 fully saturated rings. The molecule has 0 aromatic rings. The van der Waals surface area contributed by atoms with E-state index in [2.05, 4.69) is 4.74 Å². The molecule has 0 aliphatic carbocycles. The van der Waals surface area contributed by atoms with Gasteiger partial charge in [-0.1, -0.05) is 34.8 Å². The van der Waals surface area contributed by atoms with E-state index in [1.165, 1.54) is 0 Å². The number of carboxylic acid groups (broad SMARTS) is 1. The summed E-state index contributed by atoms with van der Waals surface area (Å²) in [5.41, 5.74) is 0. The largest absolute Gasteiger partial charge is 0.481 e. The summed E-state index contributed by atoms with van der Waals surface area (Å²) in [6.07, 6.45) is -0.548. The van der Waals surface area contributed by atoms with E-state index in [9.17, 15) is 9.59 Å². The van der Waals surface area contributed by atoms with Crippen molar-refractivity contribution in [3.05, 3.63) is 0 Å². The maximum atomic E-state index is 10.3. The number of hydrogen-bond acceptors (Lipinski definition) is 3. The second kappa shape index (κ2) is 9.89. The van der Waals surface area contributed by atoms with Crippen LogP contribution in [0.5, 0.6) is 0 Å². The Hall–Kier alpha value is -0.190. The number of alkyl halides is 3. The lowest BCUT2D eigenvalue weighted by Gasteiger charge is -1.95. The summed E-state index contributed by atoms with van der Waals surface area (Å²) in [5, 5.41) is 8.01. The summed E-state index contributed by atoms with van der Waals surface area (Å²) in [6, 6.07) is 0. The second-order valence-corrected chi connectivity index (χ2v) is 3.60. The fourth-order valence-electron chi connectivity index (χ4n) is 0.335. The van der Waals surface area contributed by atoms with Gasteiger partial charge in [0.15, 0.2) is 4.30 Å². The van der Waals surface area contributed by atoms with Crippen molar-refractivity contribution in [3.8, 4) is 0 Å². The van der Waals surface area contributed by atoms with E-state index >= 15 is 0 Å². The van der Waals surface area contributed by atoms with E-state index in [0.29, 0.717) is 0 Å². The van der Waals surface area contributed by atoms with Gasteiger partial charge in [-0.25, -0.2) is 0 Å². The molecule has 0 unspecified atom stereocenters. The zero-order valence-corrected chi connectivity index (χ0v) is 9.07. The van der Waals surface area contributed by atoms with Gasteiger partial charge < -0.3 is 9.84 Å². The van der Waals surface area contributed by atoms with Crippen LogP contribution in [0.4, 0.5) is 0 Å². The van der Waals surface area contributed by atoms with Crippen LogP contribution in [0.15, 0.2) is 0 Å². The number of aliphatic carboxylic acids is 1. The predicted octanol–water partition coefficient (Wildman–Crippen LogP) is 2.01. The highest BCUT2D eigenvalue weighted by Crippen LogP contribution is 2.03. The normalized spacial score (nSPS) is 8.69. The van der Waals surface area contributed by atoms with E-state index in [-0.39, 0.29) is 6.61 Å². The fourth-order valence-corrected chi connectivity index (χ4v) is 0.335. The lowest BCUT2D eigenvalue weighted by atomic mass is 10.4. The van der Waals surface area contributed by atoms with Gasteiger partial charge in [0, 0.05) is 0 Å². The summed E-state index contributed by atoms with van der Waals surface area (Å²) in [6.45, 7) is 1.85. The number of halogens is 3. The molecule has 0 aliphatic heterocycles. The van der Waals surface area contributed by atoms with Gasteiger partial charge in [-0.3, -0.25) is 9.59 Å². The molecule has 13 heavy (non-hydrogen) atoms. The highest BCUT2D eigenvalue weighted by Gasteiger charge is 2.06. The van der Waals surface area contributed by atoms with Gasteiger partial charge >= 0.3 is 11.9 Å². The summed E-state index contributed by atoms with van der Waals surface area (Å²) in [5.74, 6) is -1.85. The lowest BCUT2D eigenvalue weighted by molar-refractivity contribution is -0.150. The van der Waals surface area contributed by atoms with Gasteiger partial charge in [0.25, 0.3) is 0 Å². The third-order valence-corrected chi connectivity index (χ3v) is 0.601. The van der Waals surface area contributed by atoms with Crippen LogP contribution in [0, 0.1) is 0 Å². The van der Waals surface area contributed by atoms with Gasteiger partial charge in [-0.2, -0.15) is 0 Å². The molecule has 0 aromatic carbocycles. The molecule has 0 bridgehead atoms. The predicted molar refractivity (Wildman–Crippen MR) is 50.2 cm³/mol. The highest BCUT2D eigenvalue weighted by molar-refractivity contribution is 6.63. The highest BCUT2D eigenvalue weighted by atomic mass is 35.6. The number of carbonyl (C=O) groups is 2. The monoisotopic (exact) mass is 250 g/mol. The van der Waals surface area contributed by atoms with E-state index in [4.69, 9.17) is 39.9 Å². The zero-order valence-electron chi connectivity index (χ0n) is 6.80. The molecule has 0 aliphatic rings. The van der Waals surface area contributed by atoms with Gasteiger partial charge in [-0.15, -0.1) is 0 Å². The Morgan fingerprint density at radius 3 is 2.00 bits per heavy atom. The van der Waals surface area contributed by atoms with Gasteiger partial charge in [0.2, 0.25) is 0 Å². The fraction of sp³-hybridized carbons (Fsp3) is 0.667. The molecule has 4 nitrogen and oxygen atoms in total. The van der Waals surface area contributed by atoms with Crippen molar-refractivity contribution in [3.63, 3.8) is 0 Å². The van der Waals surface area contributed by atoms with E-state index in [0.717, 1.165) is 0 Å². The number of ether oxygens (including phenoxy) is 1. The van der Waals surface area contributed by atoms with Crippen LogP contribution >= 0.6 is 34.8 Å². The Morgan fingerprint density at radius 2 is 1.77 bits per heavy atom. The molecular formula is C6H9Cl3O4. The molecule has 0 heterocycles. The minimum atomic E-state index is -1.16. The average Bonchev–Trinajstić information content (AvgIpc) is 1.83. The smallest absolute Gasteiger partial charge is 0.317 e. The molecule has 0 saturated heterocycles. The van der Waals surface area contributed by atoms with Crippen LogP contribution < -0.4 is 0 Å². The SMILES string of the molecule is CCOC(=O)CC(=O)O.ClC(Cl)Cl. The maximum Gasteiger partial charge on any atom is 0.317 e. The molecule has 0 radical (unpaired) electrons. The first kappa shape index (κ1) is 15.3. The van der Waals surface area contributed by atoms with Crippen LogP contribution in [-0.2, 0) is 14.3 Å². The third-order valence-electron chi connectivity index (χ3n) is 0.601. The zero-order chi connectivity index (χ0) is 10.9. The van der Waals surface area contributed by atoms with Crippen LogP contribution in [0.3, 0.4) is 0 Å². The minimum absolute atomic E-state index is 0.228. The van der Waals surface area contributed by atoms with Crippen LogP contribution in [0.25, 0.3) is 0 Å². The Morgan fingerprint density at radius 1 is 1.38 bits per heavy atom. The van der Waals surface area contributed by atoms with Crippen molar-refractivity contribution in [2.24, 2.45) is 0 Å². The number of carbonyl (C=O) groups excluding carboxylic acids is 1.